The van der Waals surface area contributed by atoms with E-state index < -0.39 is 0 Å². The average molecular weight is 487 g/mol. The van der Waals surface area contributed by atoms with Gasteiger partial charge in [0, 0.05) is 57.5 Å². The molecular weight excluding hydrogens is 444 g/mol. The van der Waals surface area contributed by atoms with Crippen molar-refractivity contribution in [1.82, 2.24) is 14.7 Å². The van der Waals surface area contributed by atoms with Crippen LogP contribution in [-0.4, -0.2) is 78.5 Å². The maximum Gasteiger partial charge on any atom is 0.240 e. The highest BCUT2D eigenvalue weighted by Gasteiger charge is 2.35. The van der Waals surface area contributed by atoms with Crippen LogP contribution in [0, 0.1) is 0 Å². The minimum atomic E-state index is 0.0482. The number of carbonyl (C=O) groups excluding carboxylic acids is 1. The van der Waals surface area contributed by atoms with Gasteiger partial charge < -0.3 is 9.80 Å². The molecule has 3 aliphatic heterocycles. The van der Waals surface area contributed by atoms with Gasteiger partial charge in [-0.2, -0.15) is 0 Å². The molecule has 36 heavy (non-hydrogen) atoms. The van der Waals surface area contributed by atoms with E-state index in [4.69, 9.17) is 0 Å². The molecule has 2 aromatic rings. The Balaban J connectivity index is 1.04. The first-order valence-electron chi connectivity index (χ1n) is 14.4. The van der Waals surface area contributed by atoms with Gasteiger partial charge in [0.05, 0.1) is 6.04 Å². The van der Waals surface area contributed by atoms with Crippen molar-refractivity contribution < 1.29 is 4.79 Å². The van der Waals surface area contributed by atoms with Crippen LogP contribution in [0.3, 0.4) is 0 Å². The normalized spacial score (nSPS) is 24.2. The predicted octanol–water partition coefficient (Wildman–Crippen LogP) is 4.34. The monoisotopic (exact) mass is 486 g/mol. The van der Waals surface area contributed by atoms with E-state index in [1.807, 2.05) is 0 Å². The van der Waals surface area contributed by atoms with Crippen molar-refractivity contribution in [3.05, 3.63) is 65.2 Å². The van der Waals surface area contributed by atoms with E-state index in [0.717, 1.165) is 58.2 Å². The summed E-state index contributed by atoms with van der Waals surface area (Å²) in [4.78, 5) is 23.3. The van der Waals surface area contributed by atoms with Crippen LogP contribution in [0.15, 0.2) is 48.5 Å². The molecule has 3 fully saturated rings. The number of rotatable bonds is 5. The van der Waals surface area contributed by atoms with Gasteiger partial charge in [-0.1, -0.05) is 49.2 Å². The molecule has 5 nitrogen and oxygen atoms in total. The summed E-state index contributed by atoms with van der Waals surface area (Å²) in [6, 6.07) is 18.6. The zero-order valence-corrected chi connectivity index (χ0v) is 21.8. The SMILES string of the molecule is O=C([C@@H]1CCCN1Cc1ccccc1)N1CCN(c2ccc3c(c2)CCN(C2CCCC2)CC3)CC1. The lowest BCUT2D eigenvalue weighted by Gasteiger charge is -2.38. The van der Waals surface area contributed by atoms with E-state index in [0.29, 0.717) is 5.91 Å². The van der Waals surface area contributed by atoms with Gasteiger partial charge >= 0.3 is 0 Å². The Kier molecular flexibility index (Phi) is 7.29. The summed E-state index contributed by atoms with van der Waals surface area (Å²) >= 11 is 0. The van der Waals surface area contributed by atoms with Gasteiger partial charge in [-0.05, 0) is 73.9 Å². The van der Waals surface area contributed by atoms with Crippen molar-refractivity contribution in [2.75, 3.05) is 50.7 Å². The van der Waals surface area contributed by atoms with Gasteiger partial charge in [0.2, 0.25) is 5.91 Å². The molecule has 3 heterocycles. The summed E-state index contributed by atoms with van der Waals surface area (Å²) in [5.41, 5.74) is 5.75. The van der Waals surface area contributed by atoms with Crippen molar-refractivity contribution in [2.24, 2.45) is 0 Å². The Morgan fingerprint density at radius 1 is 0.750 bits per heavy atom. The highest BCUT2D eigenvalue weighted by Crippen LogP contribution is 2.29. The first-order chi connectivity index (χ1) is 17.7. The van der Waals surface area contributed by atoms with E-state index >= 15 is 0 Å². The van der Waals surface area contributed by atoms with E-state index in [2.05, 4.69) is 68.1 Å². The third-order valence-electron chi connectivity index (χ3n) is 9.20. The zero-order chi connectivity index (χ0) is 24.3. The highest BCUT2D eigenvalue weighted by atomic mass is 16.2. The standard InChI is InChI=1S/C31H42N4O/c36-31(30-11-6-16-35(30)24-25-7-2-1-3-8-25)34-21-19-33(20-22-34)29-13-12-26-14-17-32(18-15-27(26)23-29)28-9-4-5-10-28/h1-3,7-8,12-13,23,28,30H,4-6,9-11,14-22,24H2/t30-/m0/s1. The molecule has 6 rings (SSSR count). The number of piperazine rings is 1. The third-order valence-corrected chi connectivity index (χ3v) is 9.20. The molecule has 1 amide bonds. The molecule has 1 aliphatic carbocycles. The number of likely N-dealkylation sites (tertiary alicyclic amines) is 1. The molecule has 2 saturated heterocycles. The number of hydrogen-bond donors (Lipinski definition) is 0. The van der Waals surface area contributed by atoms with Crippen LogP contribution in [-0.2, 0) is 24.2 Å². The number of hydrogen-bond acceptors (Lipinski definition) is 4. The van der Waals surface area contributed by atoms with Gasteiger partial charge in [-0.15, -0.1) is 0 Å². The lowest BCUT2D eigenvalue weighted by atomic mass is 10.0. The molecule has 0 aromatic heterocycles. The molecule has 192 valence electrons. The molecular formula is C31H42N4O. The Morgan fingerprint density at radius 2 is 1.50 bits per heavy atom. The minimum Gasteiger partial charge on any atom is -0.368 e. The first kappa shape index (κ1) is 24.0. The van der Waals surface area contributed by atoms with Crippen LogP contribution in [0.1, 0.15) is 55.2 Å². The van der Waals surface area contributed by atoms with Crippen LogP contribution in [0.2, 0.25) is 0 Å². The zero-order valence-electron chi connectivity index (χ0n) is 21.8. The predicted molar refractivity (Wildman–Crippen MR) is 146 cm³/mol. The van der Waals surface area contributed by atoms with Gasteiger partial charge in [0.25, 0.3) is 0 Å². The van der Waals surface area contributed by atoms with Crippen molar-refractivity contribution in [1.29, 1.82) is 0 Å². The van der Waals surface area contributed by atoms with Crippen molar-refractivity contribution >= 4 is 11.6 Å². The number of carbonyl (C=O) groups is 1. The van der Waals surface area contributed by atoms with E-state index in [1.54, 1.807) is 11.1 Å². The summed E-state index contributed by atoms with van der Waals surface area (Å²) in [6.45, 7) is 7.88. The number of anilines is 1. The fraction of sp³-hybridized carbons (Fsp3) is 0.581. The molecule has 0 radical (unpaired) electrons. The summed E-state index contributed by atoms with van der Waals surface area (Å²) in [6.07, 6.45) is 10.1. The minimum absolute atomic E-state index is 0.0482. The first-order valence-corrected chi connectivity index (χ1v) is 14.4. The van der Waals surface area contributed by atoms with E-state index in [1.165, 1.54) is 62.9 Å². The fourth-order valence-corrected chi connectivity index (χ4v) is 7.07. The van der Waals surface area contributed by atoms with Crippen LogP contribution < -0.4 is 4.90 Å². The van der Waals surface area contributed by atoms with Crippen molar-refractivity contribution in [2.45, 2.75) is 70.0 Å². The van der Waals surface area contributed by atoms with Gasteiger partial charge in [-0.3, -0.25) is 14.6 Å². The number of benzene rings is 2. The van der Waals surface area contributed by atoms with Gasteiger partial charge in [0.15, 0.2) is 0 Å². The van der Waals surface area contributed by atoms with Crippen LogP contribution in [0.25, 0.3) is 0 Å². The Morgan fingerprint density at radius 3 is 2.28 bits per heavy atom. The molecule has 1 atom stereocenters. The third kappa shape index (κ3) is 5.19. The quantitative estimate of drug-likeness (QED) is 0.629. The number of fused-ring (bicyclic) bond motifs is 1. The largest absolute Gasteiger partial charge is 0.368 e. The van der Waals surface area contributed by atoms with E-state index in [9.17, 15) is 4.79 Å². The number of nitrogens with zero attached hydrogens (tertiary/aromatic N) is 4. The molecule has 4 aliphatic rings. The number of amides is 1. The Hall–Kier alpha value is -2.37. The molecule has 0 spiro atoms. The smallest absolute Gasteiger partial charge is 0.240 e. The Labute approximate surface area is 217 Å². The molecule has 0 unspecified atom stereocenters. The summed E-state index contributed by atoms with van der Waals surface area (Å²) in [7, 11) is 0. The lowest BCUT2D eigenvalue weighted by molar-refractivity contribution is -0.136. The van der Waals surface area contributed by atoms with Gasteiger partial charge in [-0.25, -0.2) is 0 Å². The molecule has 5 heteroatoms. The summed E-state index contributed by atoms with van der Waals surface area (Å²) < 4.78 is 0. The average Bonchev–Trinajstić information content (AvgIpc) is 3.58. The van der Waals surface area contributed by atoms with Crippen LogP contribution >= 0.6 is 0 Å². The van der Waals surface area contributed by atoms with Crippen LogP contribution in [0.5, 0.6) is 0 Å². The molecule has 2 aromatic carbocycles. The maximum absolute atomic E-state index is 13.5. The molecule has 1 saturated carbocycles. The highest BCUT2D eigenvalue weighted by molar-refractivity contribution is 5.82. The van der Waals surface area contributed by atoms with E-state index in [-0.39, 0.29) is 6.04 Å². The van der Waals surface area contributed by atoms with Crippen LogP contribution in [0.4, 0.5) is 5.69 Å². The van der Waals surface area contributed by atoms with Crippen molar-refractivity contribution in [3.63, 3.8) is 0 Å². The second kappa shape index (κ2) is 10.9. The maximum atomic E-state index is 13.5. The topological polar surface area (TPSA) is 30.0 Å². The second-order valence-electron chi connectivity index (χ2n) is 11.4. The Bertz CT molecular complexity index is 1030. The second-order valence-corrected chi connectivity index (χ2v) is 11.4. The van der Waals surface area contributed by atoms with Gasteiger partial charge in [0.1, 0.15) is 0 Å². The fourth-order valence-electron chi connectivity index (χ4n) is 7.07. The summed E-state index contributed by atoms with van der Waals surface area (Å²) in [5, 5.41) is 0. The molecule has 0 N–H and O–H groups in total. The van der Waals surface area contributed by atoms with Crippen molar-refractivity contribution in [3.8, 4) is 0 Å². The molecule has 0 bridgehead atoms. The lowest BCUT2D eigenvalue weighted by Crippen LogP contribution is -2.53. The summed E-state index contributed by atoms with van der Waals surface area (Å²) in [5.74, 6) is 0.344.